The highest BCUT2D eigenvalue weighted by Crippen LogP contribution is 2.24. The zero-order chi connectivity index (χ0) is 19.5. The van der Waals surface area contributed by atoms with Gasteiger partial charge in [-0.05, 0) is 52.7 Å². The van der Waals surface area contributed by atoms with Crippen molar-refractivity contribution in [1.82, 2.24) is 10.2 Å². The molecule has 0 saturated carbocycles. The first-order valence-electron chi connectivity index (χ1n) is 8.77. The Hall–Kier alpha value is -2.32. The molecule has 1 fully saturated rings. The van der Waals surface area contributed by atoms with Crippen LogP contribution in [0.5, 0.6) is 0 Å². The molecule has 1 aliphatic heterocycles. The lowest BCUT2D eigenvalue weighted by molar-refractivity contribution is 0.0412. The Morgan fingerprint density at radius 2 is 1.88 bits per heavy atom. The van der Waals surface area contributed by atoms with E-state index in [4.69, 9.17) is 16.4 Å². The average molecular weight is 363 g/mol. The number of anilines is 1. The van der Waals surface area contributed by atoms with Gasteiger partial charge in [0.2, 0.25) is 0 Å². The molecule has 144 valence electrons. The molecule has 2 rings (SSSR count). The van der Waals surface area contributed by atoms with E-state index in [1.807, 2.05) is 27.7 Å². The van der Waals surface area contributed by atoms with Crippen molar-refractivity contribution >= 4 is 17.7 Å². The fraction of sp³-hybridized carbons (Fsp3) is 0.556. The SMILES string of the molecule is CC1CCC(NC(=O)OC(C)(C)C)CN1C(=O)c1ccccc1N(N)N. The second-order valence-corrected chi connectivity index (χ2v) is 7.65. The predicted octanol–water partition coefficient (Wildman–Crippen LogP) is 1.76. The van der Waals surface area contributed by atoms with Crippen molar-refractivity contribution in [1.29, 1.82) is 0 Å². The number of nitrogens with two attached hydrogens (primary N) is 2. The second kappa shape index (κ2) is 7.92. The number of carbonyl (C=O) groups excluding carboxylic acids is 2. The Balaban J connectivity index is 2.11. The van der Waals surface area contributed by atoms with Crippen molar-refractivity contribution in [3.05, 3.63) is 29.8 Å². The second-order valence-electron chi connectivity index (χ2n) is 7.65. The summed E-state index contributed by atoms with van der Waals surface area (Å²) in [5.74, 6) is 11.1. The van der Waals surface area contributed by atoms with E-state index < -0.39 is 11.7 Å². The van der Waals surface area contributed by atoms with Gasteiger partial charge in [0.05, 0.1) is 11.3 Å². The van der Waals surface area contributed by atoms with Crippen LogP contribution in [0.25, 0.3) is 0 Å². The molecule has 1 aliphatic rings. The van der Waals surface area contributed by atoms with Crippen LogP contribution in [-0.4, -0.2) is 41.1 Å². The summed E-state index contributed by atoms with van der Waals surface area (Å²) in [6, 6.07) is 6.82. The lowest BCUT2D eigenvalue weighted by Gasteiger charge is -2.38. The molecule has 0 radical (unpaired) electrons. The molecule has 8 heteroatoms. The van der Waals surface area contributed by atoms with Crippen molar-refractivity contribution in [2.75, 3.05) is 11.7 Å². The average Bonchev–Trinajstić information content (AvgIpc) is 2.54. The number of piperidine rings is 1. The number of hydrogen-bond acceptors (Lipinski definition) is 6. The minimum absolute atomic E-state index is 0.0521. The predicted molar refractivity (Wildman–Crippen MR) is 100 cm³/mol. The molecule has 2 amide bonds. The van der Waals surface area contributed by atoms with Gasteiger partial charge in [0.25, 0.3) is 5.91 Å². The number of nitrogens with one attached hydrogen (secondary N) is 1. The number of benzene rings is 1. The van der Waals surface area contributed by atoms with E-state index in [2.05, 4.69) is 5.32 Å². The molecular weight excluding hydrogens is 334 g/mol. The van der Waals surface area contributed by atoms with Gasteiger partial charge in [0.1, 0.15) is 5.60 Å². The van der Waals surface area contributed by atoms with Gasteiger partial charge >= 0.3 is 6.09 Å². The number of alkyl carbamates (subject to hydrolysis) is 1. The number of likely N-dealkylation sites (tertiary alicyclic amines) is 1. The van der Waals surface area contributed by atoms with Gasteiger partial charge in [-0.1, -0.05) is 12.1 Å². The van der Waals surface area contributed by atoms with Gasteiger partial charge < -0.3 is 15.0 Å². The molecule has 26 heavy (non-hydrogen) atoms. The summed E-state index contributed by atoms with van der Waals surface area (Å²) in [7, 11) is 0. The number of carbonyl (C=O) groups is 2. The third-order valence-electron chi connectivity index (χ3n) is 4.28. The zero-order valence-electron chi connectivity index (χ0n) is 15.9. The van der Waals surface area contributed by atoms with Crippen molar-refractivity contribution in [3.63, 3.8) is 0 Å². The highest BCUT2D eigenvalue weighted by molar-refractivity contribution is 5.99. The largest absolute Gasteiger partial charge is 0.444 e. The standard InChI is InChI=1S/C18H29N5O3/c1-12-9-10-13(21-17(25)26-18(2,3)4)11-22(12)16(24)14-7-5-6-8-15(14)23(19)20/h5-8,12-13H,9-11,19-20H2,1-4H3,(H,21,25). The molecule has 1 aromatic rings. The molecule has 0 spiro atoms. The summed E-state index contributed by atoms with van der Waals surface area (Å²) in [5, 5.41) is 3.80. The summed E-state index contributed by atoms with van der Waals surface area (Å²) >= 11 is 0. The highest BCUT2D eigenvalue weighted by Gasteiger charge is 2.32. The molecule has 2 atom stereocenters. The van der Waals surface area contributed by atoms with Crippen LogP contribution in [0, 0.1) is 0 Å². The monoisotopic (exact) mass is 363 g/mol. The van der Waals surface area contributed by atoms with E-state index in [1.165, 1.54) is 0 Å². The third kappa shape index (κ3) is 5.09. The maximum Gasteiger partial charge on any atom is 0.407 e. The normalized spacial score (nSPS) is 20.5. The first-order valence-corrected chi connectivity index (χ1v) is 8.77. The summed E-state index contributed by atoms with van der Waals surface area (Å²) in [6.45, 7) is 7.84. The number of hydrazine groups is 2. The van der Waals surface area contributed by atoms with Crippen LogP contribution in [0.4, 0.5) is 10.5 Å². The lowest BCUT2D eigenvalue weighted by atomic mass is 9.98. The maximum atomic E-state index is 13.0. The van der Waals surface area contributed by atoms with E-state index in [0.717, 1.165) is 18.0 Å². The molecular formula is C18H29N5O3. The minimum atomic E-state index is -0.563. The van der Waals surface area contributed by atoms with E-state index in [1.54, 1.807) is 29.2 Å². The molecule has 1 heterocycles. The zero-order valence-corrected chi connectivity index (χ0v) is 15.9. The fourth-order valence-electron chi connectivity index (χ4n) is 3.02. The van der Waals surface area contributed by atoms with Crippen LogP contribution in [0.1, 0.15) is 50.9 Å². The number of para-hydroxylation sites is 1. The fourth-order valence-corrected chi connectivity index (χ4v) is 3.02. The van der Waals surface area contributed by atoms with E-state index in [-0.39, 0.29) is 18.0 Å². The Kier molecular flexibility index (Phi) is 6.09. The first-order chi connectivity index (χ1) is 12.1. The van der Waals surface area contributed by atoms with Gasteiger partial charge in [-0.15, -0.1) is 0 Å². The molecule has 0 aromatic heterocycles. The molecule has 5 N–H and O–H groups in total. The topological polar surface area (TPSA) is 114 Å². The summed E-state index contributed by atoms with van der Waals surface area (Å²) in [5.41, 5.74) is 0.320. The van der Waals surface area contributed by atoms with Crippen LogP contribution in [0.2, 0.25) is 0 Å². The molecule has 1 saturated heterocycles. The van der Waals surface area contributed by atoms with E-state index in [9.17, 15) is 9.59 Å². The van der Waals surface area contributed by atoms with Gasteiger partial charge in [-0.2, -0.15) is 0 Å². The van der Waals surface area contributed by atoms with Crippen molar-refractivity contribution < 1.29 is 14.3 Å². The summed E-state index contributed by atoms with van der Waals surface area (Å²) in [4.78, 5) is 26.8. The minimum Gasteiger partial charge on any atom is -0.444 e. The Morgan fingerprint density at radius 1 is 1.23 bits per heavy atom. The van der Waals surface area contributed by atoms with Gasteiger partial charge in [0.15, 0.2) is 0 Å². The van der Waals surface area contributed by atoms with Crippen LogP contribution in [-0.2, 0) is 4.74 Å². The quantitative estimate of drug-likeness (QED) is 0.557. The maximum absolute atomic E-state index is 13.0. The highest BCUT2D eigenvalue weighted by atomic mass is 16.6. The van der Waals surface area contributed by atoms with E-state index >= 15 is 0 Å². The Bertz CT molecular complexity index is 656. The lowest BCUT2D eigenvalue weighted by Crippen LogP contribution is -2.54. The summed E-state index contributed by atoms with van der Waals surface area (Å²) in [6.07, 6.45) is 1.09. The Labute approximate surface area is 154 Å². The van der Waals surface area contributed by atoms with Crippen LogP contribution < -0.4 is 22.1 Å². The number of rotatable bonds is 3. The van der Waals surface area contributed by atoms with E-state index in [0.29, 0.717) is 17.8 Å². The summed E-state index contributed by atoms with van der Waals surface area (Å²) < 4.78 is 5.31. The molecule has 1 aromatic carbocycles. The first kappa shape index (κ1) is 20.0. The van der Waals surface area contributed by atoms with Gasteiger partial charge in [-0.25, -0.2) is 21.6 Å². The third-order valence-corrected chi connectivity index (χ3v) is 4.28. The Morgan fingerprint density at radius 3 is 2.50 bits per heavy atom. The van der Waals surface area contributed by atoms with Gasteiger partial charge in [0, 0.05) is 18.6 Å². The van der Waals surface area contributed by atoms with Crippen LogP contribution in [0.15, 0.2) is 24.3 Å². The van der Waals surface area contributed by atoms with Crippen molar-refractivity contribution in [2.24, 2.45) is 11.7 Å². The van der Waals surface area contributed by atoms with Crippen molar-refractivity contribution in [2.45, 2.75) is 58.2 Å². The number of hydrogen-bond donors (Lipinski definition) is 3. The van der Waals surface area contributed by atoms with Crippen molar-refractivity contribution in [3.8, 4) is 0 Å². The van der Waals surface area contributed by atoms with Crippen LogP contribution >= 0.6 is 0 Å². The molecule has 0 aliphatic carbocycles. The molecule has 0 bridgehead atoms. The number of amides is 2. The number of nitrogens with zero attached hydrogens (tertiary/aromatic N) is 2. The van der Waals surface area contributed by atoms with Gasteiger partial charge in [-0.3, -0.25) is 4.79 Å². The van der Waals surface area contributed by atoms with Crippen LogP contribution in [0.3, 0.4) is 0 Å². The smallest absolute Gasteiger partial charge is 0.407 e. The number of ether oxygens (including phenoxy) is 1. The molecule has 2 unspecified atom stereocenters. The molecule has 8 nitrogen and oxygen atoms in total.